The van der Waals surface area contributed by atoms with Gasteiger partial charge in [0.05, 0.1) is 12.1 Å². The van der Waals surface area contributed by atoms with E-state index in [0.29, 0.717) is 31.8 Å². The Balaban J connectivity index is 1.51. The van der Waals surface area contributed by atoms with Gasteiger partial charge in [0.15, 0.2) is 0 Å². The number of ether oxygens (including phenoxy) is 1. The number of alkyl carbamates (subject to hydrolysis) is 1. The lowest BCUT2D eigenvalue weighted by atomic mass is 9.70. The van der Waals surface area contributed by atoms with Crippen molar-refractivity contribution in [1.82, 2.24) is 31.5 Å². The summed E-state index contributed by atoms with van der Waals surface area (Å²) in [5.74, 6) is 0.233. The molecule has 1 heterocycles. The number of likely N-dealkylation sites (tertiary alicyclic amines) is 1. The molecular weight excluding hydrogens is 700 g/mol. The Hall–Kier alpha value is -4.08. The molecule has 4 fully saturated rings. The molecule has 6 atom stereocenters. The Labute approximate surface area is 328 Å². The van der Waals surface area contributed by atoms with Crippen molar-refractivity contribution in [2.45, 2.75) is 143 Å². The summed E-state index contributed by atoms with van der Waals surface area (Å²) in [6.07, 6.45) is 16.6. The number of urea groups is 1. The highest BCUT2D eigenvalue weighted by molar-refractivity contribution is 6.38. The number of piperidine rings is 1. The Morgan fingerprint density at radius 2 is 1.60 bits per heavy atom. The van der Waals surface area contributed by atoms with E-state index < -0.39 is 64.7 Å². The van der Waals surface area contributed by atoms with Crippen LogP contribution < -0.4 is 26.6 Å². The number of carbonyl (C=O) groups excluding carboxylic acids is 6. The van der Waals surface area contributed by atoms with Gasteiger partial charge in [-0.15, -0.1) is 18.9 Å². The molecule has 4 aliphatic rings. The van der Waals surface area contributed by atoms with E-state index in [4.69, 9.17) is 11.2 Å². The van der Waals surface area contributed by atoms with E-state index in [1.54, 1.807) is 4.90 Å². The first-order chi connectivity index (χ1) is 25.9. The molecule has 5 N–H and O–H groups in total. The fourth-order valence-corrected chi connectivity index (χ4v) is 8.99. The Kier molecular flexibility index (Phi) is 14.8. The van der Waals surface area contributed by atoms with Crippen LogP contribution in [0.3, 0.4) is 0 Å². The first-order valence-electron chi connectivity index (χ1n) is 20.4. The fraction of sp³-hybridized carbons (Fsp3) is 0.762. The van der Waals surface area contributed by atoms with Crippen LogP contribution in [0.4, 0.5) is 9.59 Å². The number of amides is 6. The van der Waals surface area contributed by atoms with Gasteiger partial charge in [0.1, 0.15) is 18.7 Å². The molecule has 0 aromatic heterocycles. The molecule has 0 spiro atoms. The zero-order valence-electron chi connectivity index (χ0n) is 34.0. The smallest absolute Gasteiger partial charge is 0.407 e. The van der Waals surface area contributed by atoms with Gasteiger partial charge in [0.2, 0.25) is 17.6 Å². The molecule has 4 rings (SSSR count). The highest BCUT2D eigenvalue weighted by atomic mass is 16.5. The van der Waals surface area contributed by atoms with E-state index in [0.717, 1.165) is 32.1 Å². The second kappa shape index (κ2) is 18.7. The fourth-order valence-electron chi connectivity index (χ4n) is 8.99. The Morgan fingerprint density at radius 1 is 0.945 bits per heavy atom. The van der Waals surface area contributed by atoms with Crippen molar-refractivity contribution in [3.05, 3.63) is 12.7 Å². The van der Waals surface area contributed by atoms with Crippen LogP contribution in [-0.2, 0) is 23.9 Å². The third kappa shape index (κ3) is 11.0. The summed E-state index contributed by atoms with van der Waals surface area (Å²) >= 11 is 0. The molecule has 55 heavy (non-hydrogen) atoms. The predicted molar refractivity (Wildman–Crippen MR) is 210 cm³/mol. The van der Waals surface area contributed by atoms with Gasteiger partial charge in [0.25, 0.3) is 5.91 Å². The van der Waals surface area contributed by atoms with Crippen LogP contribution in [0.25, 0.3) is 0 Å². The average Bonchev–Trinajstić information content (AvgIpc) is 3.44. The standard InChI is InChI=1S/C42H66N6O7/c1-9-11-20-29(33(49)36(51)43-23-10-2)45-35(50)32-31-28(41(31,6)7)25-48(32)37(52)34(42(8)21-16-13-17-22-42)47-38(53)46-30(40(3,4)5)26-55-39(54)44-24-27-18-14-12-15-19-27/h1,10,27-32,34H,2,11-26H2,3-8H3,(H,43,51)(H,44,54)(H,45,50)(H2,46,47,53)/t28?,29?,30-,31?,32+,34-/m1/s1. The summed E-state index contributed by atoms with van der Waals surface area (Å²) in [4.78, 5) is 83.0. The minimum atomic E-state index is -1.17. The van der Waals surface area contributed by atoms with Crippen LogP contribution in [0.5, 0.6) is 0 Å². The van der Waals surface area contributed by atoms with Gasteiger partial charge in [-0.1, -0.05) is 86.1 Å². The number of fused-ring (bicyclic) bond motifs is 1. The molecule has 6 amide bonds. The van der Waals surface area contributed by atoms with Crippen LogP contribution in [0.2, 0.25) is 0 Å². The number of nitrogens with zero attached hydrogens (tertiary/aromatic N) is 1. The summed E-state index contributed by atoms with van der Waals surface area (Å²) in [5, 5.41) is 14.2. The molecule has 13 nitrogen and oxygen atoms in total. The van der Waals surface area contributed by atoms with Gasteiger partial charge in [-0.2, -0.15) is 0 Å². The lowest BCUT2D eigenvalue weighted by Gasteiger charge is -2.43. The van der Waals surface area contributed by atoms with Crippen molar-refractivity contribution in [2.75, 3.05) is 26.2 Å². The van der Waals surface area contributed by atoms with Gasteiger partial charge in [-0.05, 0) is 66.1 Å². The molecule has 13 heteroatoms. The van der Waals surface area contributed by atoms with Gasteiger partial charge in [-0.25, -0.2) is 9.59 Å². The maximum atomic E-state index is 14.9. The van der Waals surface area contributed by atoms with E-state index >= 15 is 0 Å². The normalized spacial score (nSPS) is 24.4. The monoisotopic (exact) mass is 766 g/mol. The number of hydrogen-bond acceptors (Lipinski definition) is 7. The van der Waals surface area contributed by atoms with Crippen LogP contribution in [0.1, 0.15) is 119 Å². The number of rotatable bonds is 16. The average molecular weight is 767 g/mol. The minimum absolute atomic E-state index is 0.0447. The maximum Gasteiger partial charge on any atom is 0.407 e. The second-order valence-electron chi connectivity index (χ2n) is 18.2. The van der Waals surface area contributed by atoms with Crippen molar-refractivity contribution >= 4 is 35.6 Å². The SMILES string of the molecule is C#CCCC(NC(=O)[C@@H]1C2C(CN1C(=O)[C@@H](NC(=O)N[C@H](COC(=O)NCC1CCCCC1)C(C)(C)C)C1(C)CCCCC1)C2(C)C)C(=O)C(=O)NCC=C. The summed E-state index contributed by atoms with van der Waals surface area (Å²) in [7, 11) is 0. The molecule has 0 aromatic rings. The number of Topliss-reactive ketones (excluding diaryl/α,β-unsaturated/α-hetero) is 1. The zero-order valence-corrected chi connectivity index (χ0v) is 34.0. The van der Waals surface area contributed by atoms with Crippen LogP contribution in [0, 0.1) is 46.3 Å². The molecule has 1 saturated heterocycles. The topological polar surface area (TPSA) is 175 Å². The van der Waals surface area contributed by atoms with E-state index in [1.165, 1.54) is 25.3 Å². The van der Waals surface area contributed by atoms with Gasteiger partial charge >= 0.3 is 12.1 Å². The van der Waals surface area contributed by atoms with E-state index in [9.17, 15) is 28.8 Å². The first-order valence-corrected chi connectivity index (χ1v) is 20.4. The first kappa shape index (κ1) is 43.6. The van der Waals surface area contributed by atoms with Gasteiger partial charge < -0.3 is 36.2 Å². The van der Waals surface area contributed by atoms with E-state index in [1.807, 2.05) is 27.7 Å². The largest absolute Gasteiger partial charge is 0.447 e. The highest BCUT2D eigenvalue weighted by Crippen LogP contribution is 2.65. The van der Waals surface area contributed by atoms with Crippen molar-refractivity contribution in [2.24, 2.45) is 34.0 Å². The maximum absolute atomic E-state index is 14.9. The van der Waals surface area contributed by atoms with Crippen molar-refractivity contribution in [3.8, 4) is 12.3 Å². The van der Waals surface area contributed by atoms with Crippen LogP contribution >= 0.6 is 0 Å². The van der Waals surface area contributed by atoms with Crippen LogP contribution in [0.15, 0.2) is 12.7 Å². The number of terminal acetylenes is 1. The summed E-state index contributed by atoms with van der Waals surface area (Å²) in [6, 6.07) is -4.16. The molecule has 3 unspecified atom stereocenters. The number of ketones is 1. The van der Waals surface area contributed by atoms with E-state index in [-0.39, 0.29) is 49.2 Å². The van der Waals surface area contributed by atoms with Crippen molar-refractivity contribution in [1.29, 1.82) is 0 Å². The molecule has 0 aromatic carbocycles. The van der Waals surface area contributed by atoms with Gasteiger partial charge in [0, 0.05) is 26.1 Å². The molecule has 1 aliphatic heterocycles. The lowest BCUT2D eigenvalue weighted by molar-refractivity contribution is -0.146. The summed E-state index contributed by atoms with van der Waals surface area (Å²) < 4.78 is 5.60. The van der Waals surface area contributed by atoms with Crippen molar-refractivity contribution < 1.29 is 33.5 Å². The number of nitrogens with one attached hydrogen (secondary N) is 5. The molecule has 3 aliphatic carbocycles. The summed E-state index contributed by atoms with van der Waals surface area (Å²) in [5.41, 5.74) is -1.30. The molecule has 306 valence electrons. The molecule has 0 bridgehead atoms. The van der Waals surface area contributed by atoms with Gasteiger partial charge in [-0.3, -0.25) is 19.2 Å². The molecule has 3 saturated carbocycles. The Morgan fingerprint density at radius 3 is 2.22 bits per heavy atom. The predicted octanol–water partition coefficient (Wildman–Crippen LogP) is 4.60. The molecule has 0 radical (unpaired) electrons. The quantitative estimate of drug-likeness (QED) is 0.0867. The number of hydrogen-bond donors (Lipinski definition) is 5. The molecular formula is C42H66N6O7. The second-order valence-corrected chi connectivity index (χ2v) is 18.2. The Bertz CT molecular complexity index is 1470. The number of carbonyl (C=O) groups is 6. The highest BCUT2D eigenvalue weighted by Gasteiger charge is 2.70. The lowest BCUT2D eigenvalue weighted by Crippen LogP contribution is -2.63. The van der Waals surface area contributed by atoms with Crippen molar-refractivity contribution in [3.63, 3.8) is 0 Å². The zero-order chi connectivity index (χ0) is 40.6. The summed E-state index contributed by atoms with van der Waals surface area (Å²) in [6.45, 7) is 16.4. The van der Waals surface area contributed by atoms with Crippen LogP contribution in [-0.4, -0.2) is 90.9 Å². The minimum Gasteiger partial charge on any atom is -0.447 e. The third-order valence-electron chi connectivity index (χ3n) is 12.8. The van der Waals surface area contributed by atoms with E-state index in [2.05, 4.69) is 52.9 Å². The third-order valence-corrected chi connectivity index (χ3v) is 12.8.